The average Bonchev–Trinajstić information content (AvgIpc) is 2.48. The number of carbonyl (C=O) groups excluding carboxylic acids is 1. The third-order valence-electron chi connectivity index (χ3n) is 3.54. The van der Waals surface area contributed by atoms with Gasteiger partial charge in [0.05, 0.1) is 12.1 Å². The number of benzene rings is 1. The first-order chi connectivity index (χ1) is 8.11. The van der Waals surface area contributed by atoms with Gasteiger partial charge in [0.15, 0.2) is 0 Å². The minimum absolute atomic E-state index is 0.0477. The van der Waals surface area contributed by atoms with Gasteiger partial charge in [-0.1, -0.05) is 18.2 Å². The van der Waals surface area contributed by atoms with Crippen LogP contribution in [0.5, 0.6) is 0 Å². The molecular weight excluding hydrogens is 214 g/mol. The quantitative estimate of drug-likeness (QED) is 0.846. The van der Waals surface area contributed by atoms with Gasteiger partial charge in [-0.2, -0.15) is 0 Å². The lowest BCUT2D eigenvalue weighted by molar-refractivity contribution is 0.0463. The summed E-state index contributed by atoms with van der Waals surface area (Å²) in [5.41, 5.74) is 1.91. The van der Waals surface area contributed by atoms with Crippen LogP contribution in [0.1, 0.15) is 36.2 Å². The van der Waals surface area contributed by atoms with Gasteiger partial charge >= 0.3 is 0 Å². The van der Waals surface area contributed by atoms with Crippen molar-refractivity contribution >= 4 is 5.91 Å². The number of hydrogen-bond acceptors (Lipinski definition) is 2. The van der Waals surface area contributed by atoms with Crippen LogP contribution in [-0.2, 0) is 6.42 Å². The lowest BCUT2D eigenvalue weighted by Gasteiger charge is -2.30. The number of nitrogens with zero attached hydrogens (tertiary/aromatic N) is 1. The number of aliphatic hydroxyl groups is 1. The van der Waals surface area contributed by atoms with Crippen LogP contribution in [0, 0.1) is 0 Å². The van der Waals surface area contributed by atoms with E-state index >= 15 is 0 Å². The van der Waals surface area contributed by atoms with Crippen molar-refractivity contribution in [3.8, 4) is 0 Å². The molecule has 1 aromatic carbocycles. The van der Waals surface area contributed by atoms with Gasteiger partial charge < -0.3 is 10.0 Å². The highest BCUT2D eigenvalue weighted by atomic mass is 16.3. The van der Waals surface area contributed by atoms with Crippen LogP contribution in [0.25, 0.3) is 0 Å². The minimum atomic E-state index is -0.496. The predicted molar refractivity (Wildman–Crippen MR) is 66.9 cm³/mol. The van der Waals surface area contributed by atoms with Gasteiger partial charge in [0.1, 0.15) is 0 Å². The van der Waals surface area contributed by atoms with Gasteiger partial charge in [-0.05, 0) is 38.3 Å². The zero-order valence-corrected chi connectivity index (χ0v) is 10.4. The topological polar surface area (TPSA) is 40.5 Å². The molecular formula is C14H19NO2. The molecule has 3 nitrogen and oxygen atoms in total. The first-order valence-electron chi connectivity index (χ1n) is 6.18. The molecule has 0 aliphatic carbocycles. The molecule has 2 rings (SSSR count). The van der Waals surface area contributed by atoms with E-state index in [2.05, 4.69) is 0 Å². The summed E-state index contributed by atoms with van der Waals surface area (Å²) in [5.74, 6) is 0.0477. The first-order valence-corrected chi connectivity index (χ1v) is 6.18. The number of aryl methyl sites for hydroxylation is 1. The van der Waals surface area contributed by atoms with Gasteiger partial charge in [-0.25, -0.2) is 0 Å². The van der Waals surface area contributed by atoms with Crippen LogP contribution in [0.2, 0.25) is 0 Å². The molecule has 1 aliphatic rings. The standard InChI is InChI=1S/C14H19NO2/c1-10(11(2)16)15-9-5-7-12-6-3-4-8-13(12)14(15)17/h3-4,6,8,10-11,16H,5,7,9H2,1-2H3. The van der Waals surface area contributed by atoms with E-state index in [-0.39, 0.29) is 11.9 Å². The Morgan fingerprint density at radius 1 is 1.29 bits per heavy atom. The van der Waals surface area contributed by atoms with Crippen molar-refractivity contribution in [2.45, 2.75) is 38.8 Å². The maximum absolute atomic E-state index is 12.4. The third-order valence-corrected chi connectivity index (χ3v) is 3.54. The van der Waals surface area contributed by atoms with Crippen molar-refractivity contribution in [3.63, 3.8) is 0 Å². The van der Waals surface area contributed by atoms with Gasteiger partial charge in [0, 0.05) is 12.1 Å². The highest BCUT2D eigenvalue weighted by Gasteiger charge is 2.27. The normalized spacial score (nSPS) is 19.5. The molecule has 0 saturated heterocycles. The highest BCUT2D eigenvalue weighted by Crippen LogP contribution is 2.20. The van der Waals surface area contributed by atoms with E-state index in [1.807, 2.05) is 31.2 Å². The van der Waals surface area contributed by atoms with E-state index < -0.39 is 6.10 Å². The molecule has 1 N–H and O–H groups in total. The lowest BCUT2D eigenvalue weighted by Crippen LogP contribution is -2.44. The van der Waals surface area contributed by atoms with E-state index in [0.717, 1.165) is 30.5 Å². The summed E-state index contributed by atoms with van der Waals surface area (Å²) in [6, 6.07) is 7.63. The SMILES string of the molecule is CC(O)C(C)N1CCCc2ccccc2C1=O. The molecule has 2 atom stereocenters. The van der Waals surface area contributed by atoms with Crippen LogP contribution in [0.15, 0.2) is 24.3 Å². The van der Waals surface area contributed by atoms with Crippen molar-refractivity contribution in [1.82, 2.24) is 4.90 Å². The number of fused-ring (bicyclic) bond motifs is 1. The second-order valence-electron chi connectivity index (χ2n) is 4.74. The number of carbonyl (C=O) groups is 1. The largest absolute Gasteiger partial charge is 0.391 e. The fourth-order valence-corrected chi connectivity index (χ4v) is 2.29. The van der Waals surface area contributed by atoms with Gasteiger partial charge in [0.2, 0.25) is 0 Å². The van der Waals surface area contributed by atoms with E-state index in [1.54, 1.807) is 11.8 Å². The second kappa shape index (κ2) is 4.88. The summed E-state index contributed by atoms with van der Waals surface area (Å²) in [4.78, 5) is 14.2. The summed E-state index contributed by atoms with van der Waals surface area (Å²) in [6.07, 6.45) is 1.40. The number of rotatable bonds is 2. The van der Waals surface area contributed by atoms with Crippen molar-refractivity contribution < 1.29 is 9.90 Å². The van der Waals surface area contributed by atoms with Crippen LogP contribution in [0.3, 0.4) is 0 Å². The maximum atomic E-state index is 12.4. The van der Waals surface area contributed by atoms with Crippen molar-refractivity contribution in [2.24, 2.45) is 0 Å². The molecule has 0 radical (unpaired) electrons. The Kier molecular flexibility index (Phi) is 3.48. The Labute approximate surface area is 102 Å². The van der Waals surface area contributed by atoms with Gasteiger partial charge in [-0.3, -0.25) is 4.79 Å². The Hall–Kier alpha value is -1.35. The zero-order valence-electron chi connectivity index (χ0n) is 10.4. The summed E-state index contributed by atoms with van der Waals surface area (Å²) in [7, 11) is 0. The average molecular weight is 233 g/mol. The van der Waals surface area contributed by atoms with Crippen molar-refractivity contribution in [2.75, 3.05) is 6.54 Å². The second-order valence-corrected chi connectivity index (χ2v) is 4.74. The Morgan fingerprint density at radius 2 is 2.00 bits per heavy atom. The van der Waals surface area contributed by atoms with Gasteiger partial charge in [0.25, 0.3) is 5.91 Å². The Morgan fingerprint density at radius 3 is 2.71 bits per heavy atom. The molecule has 17 heavy (non-hydrogen) atoms. The van der Waals surface area contributed by atoms with E-state index in [4.69, 9.17) is 0 Å². The minimum Gasteiger partial charge on any atom is -0.391 e. The number of hydrogen-bond donors (Lipinski definition) is 1. The molecule has 2 unspecified atom stereocenters. The number of amides is 1. The molecule has 0 spiro atoms. The summed E-state index contributed by atoms with van der Waals surface area (Å²) in [5, 5.41) is 9.64. The molecule has 0 saturated carbocycles. The van der Waals surface area contributed by atoms with Gasteiger partial charge in [-0.15, -0.1) is 0 Å². The molecule has 1 heterocycles. The molecule has 0 bridgehead atoms. The molecule has 0 aromatic heterocycles. The van der Waals surface area contributed by atoms with Crippen LogP contribution in [-0.4, -0.2) is 34.6 Å². The molecule has 92 valence electrons. The Bertz CT molecular complexity index is 414. The van der Waals surface area contributed by atoms with Crippen LogP contribution < -0.4 is 0 Å². The van der Waals surface area contributed by atoms with Crippen molar-refractivity contribution in [3.05, 3.63) is 35.4 Å². The van der Waals surface area contributed by atoms with Crippen molar-refractivity contribution in [1.29, 1.82) is 0 Å². The zero-order chi connectivity index (χ0) is 12.4. The maximum Gasteiger partial charge on any atom is 0.254 e. The molecule has 3 heteroatoms. The first kappa shape index (κ1) is 12.1. The van der Waals surface area contributed by atoms with E-state index in [9.17, 15) is 9.90 Å². The molecule has 1 aliphatic heterocycles. The lowest BCUT2D eigenvalue weighted by atomic mass is 10.0. The molecule has 0 fully saturated rings. The smallest absolute Gasteiger partial charge is 0.254 e. The van der Waals surface area contributed by atoms with Crippen LogP contribution in [0.4, 0.5) is 0 Å². The third kappa shape index (κ3) is 2.34. The molecule has 1 aromatic rings. The number of aliphatic hydroxyl groups excluding tert-OH is 1. The fourth-order valence-electron chi connectivity index (χ4n) is 2.29. The summed E-state index contributed by atoms with van der Waals surface area (Å²) in [6.45, 7) is 4.35. The summed E-state index contributed by atoms with van der Waals surface area (Å²) >= 11 is 0. The van der Waals surface area contributed by atoms with E-state index in [0.29, 0.717) is 0 Å². The highest BCUT2D eigenvalue weighted by molar-refractivity contribution is 5.96. The molecule has 1 amide bonds. The predicted octanol–water partition coefficient (Wildman–Crippen LogP) is 1.84. The monoisotopic (exact) mass is 233 g/mol. The van der Waals surface area contributed by atoms with Crippen LogP contribution >= 0.6 is 0 Å². The Balaban J connectivity index is 2.32. The van der Waals surface area contributed by atoms with E-state index in [1.165, 1.54) is 0 Å². The fraction of sp³-hybridized carbons (Fsp3) is 0.500. The summed E-state index contributed by atoms with van der Waals surface area (Å²) < 4.78 is 0.